The molecule has 160 valence electrons. The number of nitrogens with zero attached hydrogens (tertiary/aromatic N) is 1. The molecule has 0 bridgehead atoms. The van der Waals surface area contributed by atoms with E-state index in [1.807, 2.05) is 18.2 Å². The standard InChI is InChI=1S/C24H22ClFN2O3/c25-19-14-22-18(13-20(19)26)21(29)15-23(31-22)24(30)27-17-8-11-28(12-9-17)10-4-7-16-5-2-1-3-6-16/h1-7,13-15,17H,8-12H2,(H,27,30). The maximum absolute atomic E-state index is 13.6. The first-order chi connectivity index (χ1) is 15.0. The Labute approximate surface area is 184 Å². The molecule has 0 spiro atoms. The molecule has 1 amide bonds. The van der Waals surface area contributed by atoms with Crippen molar-refractivity contribution in [3.63, 3.8) is 0 Å². The van der Waals surface area contributed by atoms with E-state index in [9.17, 15) is 14.0 Å². The predicted octanol–water partition coefficient (Wildman–Crippen LogP) is 4.49. The molecule has 0 radical (unpaired) electrons. The number of halogens is 2. The van der Waals surface area contributed by atoms with Gasteiger partial charge in [0.15, 0.2) is 11.2 Å². The first kappa shape index (κ1) is 21.3. The van der Waals surface area contributed by atoms with Gasteiger partial charge in [-0.2, -0.15) is 0 Å². The van der Waals surface area contributed by atoms with Gasteiger partial charge in [0.25, 0.3) is 5.91 Å². The number of hydrogen-bond acceptors (Lipinski definition) is 4. The average molecular weight is 441 g/mol. The molecule has 5 nitrogen and oxygen atoms in total. The van der Waals surface area contributed by atoms with E-state index in [1.165, 1.54) is 11.6 Å². The lowest BCUT2D eigenvalue weighted by Gasteiger charge is -2.31. The number of hydrogen-bond donors (Lipinski definition) is 1. The third-order valence-corrected chi connectivity index (χ3v) is 5.68. The molecular weight excluding hydrogens is 419 g/mol. The molecule has 1 saturated heterocycles. The summed E-state index contributed by atoms with van der Waals surface area (Å²) in [5.41, 5.74) is 0.775. The molecule has 0 unspecified atom stereocenters. The first-order valence-corrected chi connectivity index (χ1v) is 10.5. The SMILES string of the molecule is O=C(NC1CCN(CC=Cc2ccccc2)CC1)c1cc(=O)c2cc(F)c(Cl)cc2o1. The van der Waals surface area contributed by atoms with Gasteiger partial charge in [-0.15, -0.1) is 0 Å². The van der Waals surface area contributed by atoms with Gasteiger partial charge in [-0.3, -0.25) is 14.5 Å². The highest BCUT2D eigenvalue weighted by Crippen LogP contribution is 2.22. The molecule has 2 aromatic carbocycles. The normalized spacial score (nSPS) is 15.5. The minimum atomic E-state index is -0.705. The fourth-order valence-corrected chi connectivity index (χ4v) is 3.83. The smallest absolute Gasteiger partial charge is 0.287 e. The summed E-state index contributed by atoms with van der Waals surface area (Å²) in [7, 11) is 0. The van der Waals surface area contributed by atoms with Crippen LogP contribution in [0, 0.1) is 5.82 Å². The highest BCUT2D eigenvalue weighted by Gasteiger charge is 2.22. The zero-order valence-corrected chi connectivity index (χ0v) is 17.6. The Morgan fingerprint density at radius 1 is 1.19 bits per heavy atom. The van der Waals surface area contributed by atoms with Crippen LogP contribution in [-0.2, 0) is 0 Å². The van der Waals surface area contributed by atoms with Crippen LogP contribution in [0.4, 0.5) is 4.39 Å². The average Bonchev–Trinajstić information content (AvgIpc) is 2.77. The number of amides is 1. The summed E-state index contributed by atoms with van der Waals surface area (Å²) in [4.78, 5) is 27.2. The molecule has 0 aliphatic carbocycles. The molecule has 1 aliphatic heterocycles. The summed E-state index contributed by atoms with van der Waals surface area (Å²) in [6, 6.07) is 13.5. The van der Waals surface area contributed by atoms with Crippen molar-refractivity contribution < 1.29 is 13.6 Å². The summed E-state index contributed by atoms with van der Waals surface area (Å²) < 4.78 is 19.1. The second-order valence-electron chi connectivity index (χ2n) is 7.60. The van der Waals surface area contributed by atoms with Crippen LogP contribution in [0.3, 0.4) is 0 Å². The van der Waals surface area contributed by atoms with Crippen molar-refractivity contribution in [2.45, 2.75) is 18.9 Å². The van der Waals surface area contributed by atoms with Gasteiger partial charge < -0.3 is 9.73 Å². The van der Waals surface area contributed by atoms with Crippen LogP contribution >= 0.6 is 11.6 Å². The number of nitrogens with one attached hydrogen (secondary N) is 1. The molecule has 2 heterocycles. The summed E-state index contributed by atoms with van der Waals surface area (Å²) in [6.07, 6.45) is 5.86. The van der Waals surface area contributed by atoms with Crippen LogP contribution in [0.5, 0.6) is 0 Å². The van der Waals surface area contributed by atoms with Gasteiger partial charge in [0.05, 0.1) is 10.4 Å². The van der Waals surface area contributed by atoms with Gasteiger partial charge in [0.1, 0.15) is 11.4 Å². The van der Waals surface area contributed by atoms with Crippen LogP contribution < -0.4 is 10.7 Å². The third kappa shape index (κ3) is 5.21. The Balaban J connectivity index is 1.33. The highest BCUT2D eigenvalue weighted by molar-refractivity contribution is 6.31. The minimum Gasteiger partial charge on any atom is -0.451 e. The minimum absolute atomic E-state index is 0.000317. The van der Waals surface area contributed by atoms with Gasteiger partial charge in [-0.05, 0) is 24.5 Å². The Morgan fingerprint density at radius 3 is 2.68 bits per heavy atom. The lowest BCUT2D eigenvalue weighted by atomic mass is 10.0. The molecule has 0 atom stereocenters. The summed E-state index contributed by atoms with van der Waals surface area (Å²) in [5, 5.41) is 2.82. The monoisotopic (exact) mass is 440 g/mol. The van der Waals surface area contributed by atoms with Gasteiger partial charge >= 0.3 is 0 Å². The van der Waals surface area contributed by atoms with Gasteiger partial charge in [-0.1, -0.05) is 54.1 Å². The van der Waals surface area contributed by atoms with Crippen LogP contribution in [0.25, 0.3) is 17.0 Å². The number of likely N-dealkylation sites (tertiary alicyclic amines) is 1. The van der Waals surface area contributed by atoms with Crippen LogP contribution in [0.15, 0.2) is 63.8 Å². The van der Waals surface area contributed by atoms with Crippen LogP contribution in [0.1, 0.15) is 29.0 Å². The lowest BCUT2D eigenvalue weighted by Crippen LogP contribution is -2.44. The maximum Gasteiger partial charge on any atom is 0.287 e. The second kappa shape index (κ2) is 9.45. The quantitative estimate of drug-likeness (QED) is 0.634. The second-order valence-corrected chi connectivity index (χ2v) is 8.01. The molecule has 4 rings (SSSR count). The Kier molecular flexibility index (Phi) is 6.49. The third-order valence-electron chi connectivity index (χ3n) is 5.39. The molecule has 1 N–H and O–H groups in total. The largest absolute Gasteiger partial charge is 0.451 e. The van der Waals surface area contributed by atoms with Crippen LogP contribution in [0.2, 0.25) is 5.02 Å². The highest BCUT2D eigenvalue weighted by atomic mass is 35.5. The van der Waals surface area contributed by atoms with Crippen molar-refractivity contribution in [1.29, 1.82) is 0 Å². The Hall–Kier alpha value is -2.96. The molecular formula is C24H22ClFN2O3. The predicted molar refractivity (Wildman–Crippen MR) is 120 cm³/mol. The number of piperidine rings is 1. The van der Waals surface area contributed by atoms with E-state index in [-0.39, 0.29) is 27.8 Å². The molecule has 0 saturated carbocycles. The van der Waals surface area contributed by atoms with Crippen molar-refractivity contribution in [1.82, 2.24) is 10.2 Å². The van der Waals surface area contributed by atoms with Crippen molar-refractivity contribution in [3.05, 3.63) is 87.0 Å². The zero-order valence-electron chi connectivity index (χ0n) is 16.8. The van der Waals surface area contributed by atoms with E-state index < -0.39 is 17.2 Å². The van der Waals surface area contributed by atoms with Crippen LogP contribution in [-0.4, -0.2) is 36.5 Å². The van der Waals surface area contributed by atoms with E-state index in [0.717, 1.165) is 44.6 Å². The number of carbonyl (C=O) groups excluding carboxylic acids is 1. The number of rotatable bonds is 5. The number of benzene rings is 2. The number of carbonyl (C=O) groups is 1. The zero-order chi connectivity index (χ0) is 21.8. The van der Waals surface area contributed by atoms with E-state index in [0.29, 0.717) is 0 Å². The topological polar surface area (TPSA) is 62.6 Å². The fraction of sp³-hybridized carbons (Fsp3) is 0.250. The van der Waals surface area contributed by atoms with E-state index >= 15 is 0 Å². The lowest BCUT2D eigenvalue weighted by molar-refractivity contribution is 0.0886. The van der Waals surface area contributed by atoms with E-state index in [4.69, 9.17) is 16.0 Å². The van der Waals surface area contributed by atoms with Crippen molar-refractivity contribution in [2.75, 3.05) is 19.6 Å². The summed E-state index contributed by atoms with van der Waals surface area (Å²) >= 11 is 5.77. The summed E-state index contributed by atoms with van der Waals surface area (Å²) in [6.45, 7) is 2.58. The van der Waals surface area contributed by atoms with Gasteiger partial charge in [0.2, 0.25) is 0 Å². The molecule has 3 aromatic rings. The summed E-state index contributed by atoms with van der Waals surface area (Å²) in [5.74, 6) is -1.26. The molecule has 7 heteroatoms. The van der Waals surface area contributed by atoms with Crippen molar-refractivity contribution in [3.8, 4) is 0 Å². The maximum atomic E-state index is 13.6. The molecule has 1 aromatic heterocycles. The number of fused-ring (bicyclic) bond motifs is 1. The van der Waals surface area contributed by atoms with Crippen molar-refractivity contribution >= 4 is 34.6 Å². The van der Waals surface area contributed by atoms with Gasteiger partial charge in [-0.25, -0.2) is 4.39 Å². The van der Waals surface area contributed by atoms with Crippen molar-refractivity contribution in [2.24, 2.45) is 0 Å². The molecule has 31 heavy (non-hydrogen) atoms. The molecule has 1 fully saturated rings. The van der Waals surface area contributed by atoms with Gasteiger partial charge in [0, 0.05) is 37.8 Å². The van der Waals surface area contributed by atoms with E-state index in [1.54, 1.807) is 0 Å². The first-order valence-electron chi connectivity index (χ1n) is 10.2. The Bertz CT molecular complexity index is 1170. The Morgan fingerprint density at radius 2 is 1.94 bits per heavy atom. The molecule has 1 aliphatic rings. The van der Waals surface area contributed by atoms with E-state index in [2.05, 4.69) is 34.5 Å². The fourth-order valence-electron chi connectivity index (χ4n) is 3.68.